The van der Waals surface area contributed by atoms with E-state index in [1.54, 1.807) is 0 Å². The van der Waals surface area contributed by atoms with Crippen molar-refractivity contribution in [3.05, 3.63) is 0 Å². The maximum absolute atomic E-state index is 11.7. The van der Waals surface area contributed by atoms with Crippen molar-refractivity contribution in [1.29, 1.82) is 0 Å². The van der Waals surface area contributed by atoms with E-state index < -0.39 is 5.97 Å². The van der Waals surface area contributed by atoms with E-state index in [2.05, 4.69) is 10.6 Å². The van der Waals surface area contributed by atoms with Crippen molar-refractivity contribution in [3.63, 3.8) is 0 Å². The zero-order chi connectivity index (χ0) is 14.3. The monoisotopic (exact) mass is 272 g/mol. The smallest absolute Gasteiger partial charge is 0.315 e. The van der Waals surface area contributed by atoms with E-state index in [9.17, 15) is 9.59 Å². The maximum atomic E-state index is 11.7. The van der Waals surface area contributed by atoms with Gasteiger partial charge in [0, 0.05) is 19.2 Å². The van der Waals surface area contributed by atoms with Gasteiger partial charge in [0.1, 0.15) is 0 Å². The number of carbonyl (C=O) groups is 2. The van der Waals surface area contributed by atoms with Crippen molar-refractivity contribution in [2.75, 3.05) is 13.2 Å². The van der Waals surface area contributed by atoms with Crippen molar-refractivity contribution in [2.45, 2.75) is 51.7 Å². The predicted octanol–water partition coefficient (Wildman–Crippen LogP) is 1.35. The molecule has 1 fully saturated rings. The molecule has 2 atom stereocenters. The maximum Gasteiger partial charge on any atom is 0.315 e. The molecule has 1 saturated heterocycles. The van der Waals surface area contributed by atoms with Gasteiger partial charge in [-0.15, -0.1) is 0 Å². The number of carboxylic acids is 1. The van der Waals surface area contributed by atoms with Crippen LogP contribution in [0.15, 0.2) is 0 Å². The Labute approximate surface area is 113 Å². The van der Waals surface area contributed by atoms with Gasteiger partial charge in [-0.2, -0.15) is 0 Å². The highest BCUT2D eigenvalue weighted by Gasteiger charge is 2.20. The molecular formula is C13H24N2O4. The third-order valence-electron chi connectivity index (χ3n) is 3.28. The van der Waals surface area contributed by atoms with E-state index in [0.717, 1.165) is 25.9 Å². The number of amides is 2. The second kappa shape index (κ2) is 7.99. The summed E-state index contributed by atoms with van der Waals surface area (Å²) in [7, 11) is 0. The van der Waals surface area contributed by atoms with Crippen LogP contribution in [0.25, 0.3) is 0 Å². The number of ether oxygens (including phenoxy) is 1. The van der Waals surface area contributed by atoms with Crippen LogP contribution < -0.4 is 10.6 Å². The number of hydrogen-bond donors (Lipinski definition) is 3. The van der Waals surface area contributed by atoms with Crippen LogP contribution in [-0.2, 0) is 9.53 Å². The molecule has 0 aromatic heterocycles. The molecule has 1 heterocycles. The Morgan fingerprint density at radius 2 is 2.11 bits per heavy atom. The number of carbonyl (C=O) groups excluding carboxylic acids is 1. The van der Waals surface area contributed by atoms with E-state index in [0.29, 0.717) is 6.54 Å². The highest BCUT2D eigenvalue weighted by atomic mass is 16.5. The van der Waals surface area contributed by atoms with Crippen LogP contribution >= 0.6 is 0 Å². The Hall–Kier alpha value is -1.30. The molecule has 0 radical (unpaired) electrons. The van der Waals surface area contributed by atoms with Crippen molar-refractivity contribution in [1.82, 2.24) is 10.6 Å². The first-order valence-electron chi connectivity index (χ1n) is 6.86. The van der Waals surface area contributed by atoms with Gasteiger partial charge >= 0.3 is 12.0 Å². The zero-order valence-corrected chi connectivity index (χ0v) is 11.6. The van der Waals surface area contributed by atoms with Gasteiger partial charge in [-0.05, 0) is 25.2 Å². The molecule has 110 valence electrons. The third kappa shape index (κ3) is 6.42. The van der Waals surface area contributed by atoms with Gasteiger partial charge in [-0.1, -0.05) is 13.8 Å². The lowest BCUT2D eigenvalue weighted by Gasteiger charge is -2.24. The first kappa shape index (κ1) is 15.8. The topological polar surface area (TPSA) is 87.7 Å². The highest BCUT2D eigenvalue weighted by molar-refractivity contribution is 5.75. The molecule has 0 bridgehead atoms. The quantitative estimate of drug-likeness (QED) is 0.681. The van der Waals surface area contributed by atoms with E-state index in [1.807, 2.05) is 13.8 Å². The van der Waals surface area contributed by atoms with Gasteiger partial charge in [0.2, 0.25) is 0 Å². The van der Waals surface area contributed by atoms with Gasteiger partial charge in [-0.25, -0.2) is 4.79 Å². The summed E-state index contributed by atoms with van der Waals surface area (Å²) < 4.78 is 5.51. The summed E-state index contributed by atoms with van der Waals surface area (Å²) in [6.45, 7) is 5.00. The molecule has 2 amide bonds. The summed E-state index contributed by atoms with van der Waals surface area (Å²) >= 11 is 0. The number of hydrogen-bond acceptors (Lipinski definition) is 3. The third-order valence-corrected chi connectivity index (χ3v) is 3.28. The Morgan fingerprint density at radius 1 is 1.37 bits per heavy atom. The van der Waals surface area contributed by atoms with Crippen LogP contribution in [0.2, 0.25) is 0 Å². The molecule has 2 unspecified atom stereocenters. The van der Waals surface area contributed by atoms with Crippen molar-refractivity contribution in [2.24, 2.45) is 5.92 Å². The normalized spacial score (nSPS) is 20.9. The fourth-order valence-electron chi connectivity index (χ4n) is 2.04. The second-order valence-corrected chi connectivity index (χ2v) is 5.29. The molecule has 0 aliphatic carbocycles. The minimum atomic E-state index is -0.908. The first-order valence-corrected chi connectivity index (χ1v) is 6.86. The van der Waals surface area contributed by atoms with Crippen LogP contribution in [0.4, 0.5) is 4.79 Å². The van der Waals surface area contributed by atoms with Crippen molar-refractivity contribution >= 4 is 12.0 Å². The average Bonchev–Trinajstić information content (AvgIpc) is 2.36. The Morgan fingerprint density at radius 3 is 2.63 bits per heavy atom. The molecule has 1 rings (SSSR count). The van der Waals surface area contributed by atoms with Crippen LogP contribution in [0, 0.1) is 5.92 Å². The van der Waals surface area contributed by atoms with Gasteiger partial charge < -0.3 is 20.5 Å². The molecule has 0 spiro atoms. The lowest BCUT2D eigenvalue weighted by Crippen LogP contribution is -2.47. The van der Waals surface area contributed by atoms with Crippen LogP contribution in [0.5, 0.6) is 0 Å². The van der Waals surface area contributed by atoms with E-state index in [1.165, 1.54) is 0 Å². The summed E-state index contributed by atoms with van der Waals surface area (Å²) in [5.74, 6) is -0.831. The van der Waals surface area contributed by atoms with Gasteiger partial charge in [0.15, 0.2) is 0 Å². The van der Waals surface area contributed by atoms with Crippen molar-refractivity contribution < 1.29 is 19.4 Å². The van der Waals surface area contributed by atoms with Crippen molar-refractivity contribution in [3.8, 4) is 0 Å². The largest absolute Gasteiger partial charge is 0.481 e. The molecule has 1 aliphatic heterocycles. The molecular weight excluding hydrogens is 248 g/mol. The molecule has 0 aromatic carbocycles. The number of urea groups is 1. The molecule has 6 heteroatoms. The summed E-state index contributed by atoms with van der Waals surface area (Å²) in [4.78, 5) is 22.4. The molecule has 1 aliphatic rings. The average molecular weight is 272 g/mol. The first-order chi connectivity index (χ1) is 8.99. The fraction of sp³-hybridized carbons (Fsp3) is 0.846. The van der Waals surface area contributed by atoms with E-state index in [4.69, 9.17) is 9.84 Å². The molecule has 19 heavy (non-hydrogen) atoms. The summed E-state index contributed by atoms with van der Waals surface area (Å²) in [6.07, 6.45) is 3.18. The molecule has 0 aromatic rings. The van der Waals surface area contributed by atoms with Gasteiger partial charge in [0.25, 0.3) is 0 Å². The highest BCUT2D eigenvalue weighted by Crippen LogP contribution is 2.11. The number of aliphatic carboxylic acids is 1. The van der Waals surface area contributed by atoms with Crippen LogP contribution in [0.3, 0.4) is 0 Å². The van der Waals surface area contributed by atoms with E-state index >= 15 is 0 Å². The minimum Gasteiger partial charge on any atom is -0.481 e. The SMILES string of the molecule is CC(C)C(CC(=O)O)NC(=O)NCC1CCCCO1. The second-order valence-electron chi connectivity index (χ2n) is 5.29. The lowest BCUT2D eigenvalue weighted by molar-refractivity contribution is -0.137. The number of rotatable bonds is 6. The Bertz CT molecular complexity index is 301. The van der Waals surface area contributed by atoms with Crippen LogP contribution in [-0.4, -0.2) is 42.4 Å². The molecule has 0 saturated carbocycles. The number of nitrogens with one attached hydrogen (secondary N) is 2. The summed E-state index contributed by atoms with van der Waals surface area (Å²) in [6, 6.07) is -0.682. The van der Waals surface area contributed by atoms with Gasteiger partial charge in [0.05, 0.1) is 12.5 Å². The van der Waals surface area contributed by atoms with Crippen LogP contribution in [0.1, 0.15) is 39.5 Å². The summed E-state index contributed by atoms with van der Waals surface area (Å²) in [5, 5.41) is 14.2. The predicted molar refractivity (Wildman–Crippen MR) is 71.0 cm³/mol. The zero-order valence-electron chi connectivity index (χ0n) is 11.6. The van der Waals surface area contributed by atoms with E-state index in [-0.39, 0.29) is 30.5 Å². The Kier molecular flexibility index (Phi) is 6.62. The fourth-order valence-corrected chi connectivity index (χ4v) is 2.04. The Balaban J connectivity index is 2.29. The minimum absolute atomic E-state index is 0.0645. The lowest BCUT2D eigenvalue weighted by atomic mass is 10.0. The summed E-state index contributed by atoms with van der Waals surface area (Å²) in [5.41, 5.74) is 0. The molecule has 3 N–H and O–H groups in total. The standard InChI is InChI=1S/C13H24N2O4/c1-9(2)11(7-12(16)17)15-13(18)14-8-10-5-3-4-6-19-10/h9-11H,3-8H2,1-2H3,(H,16,17)(H2,14,15,18). The van der Waals surface area contributed by atoms with Gasteiger partial charge in [-0.3, -0.25) is 4.79 Å². The molecule has 6 nitrogen and oxygen atoms in total. The number of carboxylic acid groups (broad SMARTS) is 1.